The van der Waals surface area contributed by atoms with Gasteiger partial charge in [-0.3, -0.25) is 0 Å². The Morgan fingerprint density at radius 1 is 1.38 bits per heavy atom. The Hall–Kier alpha value is -1.16. The maximum absolute atomic E-state index is 5.59. The largest absolute Gasteiger partial charge is 0.354 e. The number of nitrogens with two attached hydrogens (primary N) is 1. The summed E-state index contributed by atoms with van der Waals surface area (Å²) in [6.45, 7) is 5.63. The van der Waals surface area contributed by atoms with Gasteiger partial charge < -0.3 is 11.1 Å². The molecule has 0 atom stereocenters. The van der Waals surface area contributed by atoms with Gasteiger partial charge in [-0.25, -0.2) is 9.97 Å². The highest BCUT2D eigenvalue weighted by Crippen LogP contribution is 2.12. The summed E-state index contributed by atoms with van der Waals surface area (Å²) in [4.78, 5) is 8.11. The van der Waals surface area contributed by atoms with E-state index in [0.29, 0.717) is 12.5 Å². The molecule has 0 unspecified atom stereocenters. The molecule has 0 saturated heterocycles. The summed E-state index contributed by atoms with van der Waals surface area (Å²) in [5, 5.41) is 3.13. The van der Waals surface area contributed by atoms with E-state index in [0.717, 1.165) is 6.54 Å². The number of hydrogen-bond donors (Lipinski definition) is 2. The van der Waals surface area contributed by atoms with Crippen LogP contribution in [0.1, 0.15) is 13.8 Å². The predicted molar refractivity (Wildman–Crippen MR) is 53.4 cm³/mol. The van der Waals surface area contributed by atoms with Gasteiger partial charge in [-0.1, -0.05) is 13.8 Å². The van der Waals surface area contributed by atoms with Crippen LogP contribution in [-0.2, 0) is 0 Å². The van der Waals surface area contributed by atoms with Crippen molar-refractivity contribution in [2.24, 2.45) is 11.1 Å². The monoisotopic (exact) mass is 180 g/mol. The van der Waals surface area contributed by atoms with Crippen LogP contribution in [0.4, 0.5) is 5.95 Å². The van der Waals surface area contributed by atoms with E-state index in [2.05, 4.69) is 29.1 Å². The fourth-order valence-corrected chi connectivity index (χ4v) is 0.781. The van der Waals surface area contributed by atoms with Crippen LogP contribution in [0.5, 0.6) is 0 Å². The molecule has 0 bridgehead atoms. The van der Waals surface area contributed by atoms with Crippen LogP contribution in [0, 0.1) is 5.41 Å². The van der Waals surface area contributed by atoms with Gasteiger partial charge in [0, 0.05) is 18.9 Å². The van der Waals surface area contributed by atoms with Crippen molar-refractivity contribution in [3.8, 4) is 0 Å². The predicted octanol–water partition coefficient (Wildman–Crippen LogP) is 0.873. The van der Waals surface area contributed by atoms with Crippen molar-refractivity contribution in [2.75, 3.05) is 18.4 Å². The highest BCUT2D eigenvalue weighted by atomic mass is 15.1. The molecule has 0 radical (unpaired) electrons. The van der Waals surface area contributed by atoms with Crippen LogP contribution in [0.15, 0.2) is 18.5 Å². The molecule has 4 heteroatoms. The summed E-state index contributed by atoms with van der Waals surface area (Å²) in [7, 11) is 0. The average Bonchev–Trinajstić information content (AvgIpc) is 2.17. The first-order chi connectivity index (χ1) is 6.14. The number of nitrogens with one attached hydrogen (secondary N) is 1. The van der Waals surface area contributed by atoms with Crippen molar-refractivity contribution < 1.29 is 0 Å². The summed E-state index contributed by atoms with van der Waals surface area (Å²) in [5.74, 6) is 0.657. The summed E-state index contributed by atoms with van der Waals surface area (Å²) < 4.78 is 0. The molecule has 0 spiro atoms. The Kier molecular flexibility index (Phi) is 3.19. The van der Waals surface area contributed by atoms with E-state index in [1.54, 1.807) is 18.5 Å². The lowest BCUT2D eigenvalue weighted by molar-refractivity contribution is 0.404. The molecule has 1 heterocycles. The van der Waals surface area contributed by atoms with Crippen molar-refractivity contribution in [3.05, 3.63) is 18.5 Å². The van der Waals surface area contributed by atoms with Crippen molar-refractivity contribution in [3.63, 3.8) is 0 Å². The number of anilines is 1. The minimum absolute atomic E-state index is 0.0825. The van der Waals surface area contributed by atoms with E-state index in [9.17, 15) is 0 Å². The maximum Gasteiger partial charge on any atom is 0.222 e. The smallest absolute Gasteiger partial charge is 0.222 e. The van der Waals surface area contributed by atoms with E-state index in [1.807, 2.05) is 0 Å². The molecule has 0 aromatic carbocycles. The molecule has 1 rings (SSSR count). The molecule has 13 heavy (non-hydrogen) atoms. The molecule has 1 aromatic rings. The third-order valence-electron chi connectivity index (χ3n) is 1.84. The fraction of sp³-hybridized carbons (Fsp3) is 0.556. The summed E-state index contributed by atoms with van der Waals surface area (Å²) in [5.41, 5.74) is 5.67. The lowest BCUT2D eigenvalue weighted by atomic mass is 9.94. The normalized spacial score (nSPS) is 11.3. The van der Waals surface area contributed by atoms with Crippen LogP contribution < -0.4 is 11.1 Å². The molecule has 72 valence electrons. The Balaban J connectivity index is 2.44. The number of rotatable bonds is 4. The van der Waals surface area contributed by atoms with Gasteiger partial charge in [0.05, 0.1) is 0 Å². The standard InChI is InChI=1S/C9H16N4/c1-9(2,6-10)7-13-8-11-4-3-5-12-8/h3-5H,6-7,10H2,1-2H3,(H,11,12,13). The molecule has 0 aliphatic rings. The molecular formula is C9H16N4. The lowest BCUT2D eigenvalue weighted by Crippen LogP contribution is -2.31. The molecule has 4 nitrogen and oxygen atoms in total. The van der Waals surface area contributed by atoms with Crippen molar-refractivity contribution in [2.45, 2.75) is 13.8 Å². The van der Waals surface area contributed by atoms with Gasteiger partial charge >= 0.3 is 0 Å². The van der Waals surface area contributed by atoms with Crippen molar-refractivity contribution in [1.82, 2.24) is 9.97 Å². The number of aromatic nitrogens is 2. The third-order valence-corrected chi connectivity index (χ3v) is 1.84. The van der Waals surface area contributed by atoms with Crippen LogP contribution >= 0.6 is 0 Å². The summed E-state index contributed by atoms with van der Waals surface area (Å²) in [6.07, 6.45) is 3.43. The van der Waals surface area contributed by atoms with Gasteiger partial charge in [-0.2, -0.15) is 0 Å². The molecule has 0 saturated carbocycles. The molecule has 0 amide bonds. The Morgan fingerprint density at radius 3 is 2.54 bits per heavy atom. The zero-order valence-electron chi connectivity index (χ0n) is 8.12. The topological polar surface area (TPSA) is 63.8 Å². The quantitative estimate of drug-likeness (QED) is 0.721. The Bertz CT molecular complexity index is 245. The van der Waals surface area contributed by atoms with Gasteiger partial charge in [0.1, 0.15) is 0 Å². The molecule has 0 aliphatic heterocycles. The number of nitrogens with zero attached hydrogens (tertiary/aromatic N) is 2. The number of hydrogen-bond acceptors (Lipinski definition) is 4. The second kappa shape index (κ2) is 4.18. The van der Waals surface area contributed by atoms with E-state index >= 15 is 0 Å². The van der Waals surface area contributed by atoms with Crippen LogP contribution in [0.3, 0.4) is 0 Å². The highest BCUT2D eigenvalue weighted by molar-refractivity contribution is 5.22. The van der Waals surface area contributed by atoms with E-state index in [-0.39, 0.29) is 5.41 Å². The first-order valence-electron chi connectivity index (χ1n) is 4.35. The van der Waals surface area contributed by atoms with Gasteiger partial charge in [-0.05, 0) is 18.0 Å². The Morgan fingerprint density at radius 2 is 2.00 bits per heavy atom. The zero-order valence-corrected chi connectivity index (χ0v) is 8.12. The molecule has 3 N–H and O–H groups in total. The first-order valence-corrected chi connectivity index (χ1v) is 4.35. The van der Waals surface area contributed by atoms with Gasteiger partial charge in [0.2, 0.25) is 5.95 Å². The van der Waals surface area contributed by atoms with Crippen LogP contribution in [0.2, 0.25) is 0 Å². The minimum Gasteiger partial charge on any atom is -0.354 e. The van der Waals surface area contributed by atoms with E-state index < -0.39 is 0 Å². The van der Waals surface area contributed by atoms with Crippen molar-refractivity contribution in [1.29, 1.82) is 0 Å². The molecule has 0 aliphatic carbocycles. The van der Waals surface area contributed by atoms with E-state index in [1.165, 1.54) is 0 Å². The Labute approximate surface area is 78.6 Å². The summed E-state index contributed by atoms with van der Waals surface area (Å²) in [6, 6.07) is 1.79. The SMILES string of the molecule is CC(C)(CN)CNc1ncccn1. The lowest BCUT2D eigenvalue weighted by Gasteiger charge is -2.22. The maximum atomic E-state index is 5.59. The first kappa shape index (κ1) is 9.92. The molecule has 1 aromatic heterocycles. The van der Waals surface area contributed by atoms with Gasteiger partial charge in [0.15, 0.2) is 0 Å². The van der Waals surface area contributed by atoms with E-state index in [4.69, 9.17) is 5.73 Å². The van der Waals surface area contributed by atoms with Crippen LogP contribution in [0.25, 0.3) is 0 Å². The molecule has 0 fully saturated rings. The average molecular weight is 180 g/mol. The second-order valence-corrected chi connectivity index (χ2v) is 3.79. The third kappa shape index (κ3) is 3.38. The summed E-state index contributed by atoms with van der Waals surface area (Å²) >= 11 is 0. The fourth-order valence-electron chi connectivity index (χ4n) is 0.781. The molecular weight excluding hydrogens is 164 g/mol. The van der Waals surface area contributed by atoms with Crippen molar-refractivity contribution >= 4 is 5.95 Å². The van der Waals surface area contributed by atoms with Gasteiger partial charge in [0.25, 0.3) is 0 Å². The minimum atomic E-state index is 0.0825. The zero-order chi connectivity index (χ0) is 9.73. The second-order valence-electron chi connectivity index (χ2n) is 3.79. The van der Waals surface area contributed by atoms with Gasteiger partial charge in [-0.15, -0.1) is 0 Å². The van der Waals surface area contributed by atoms with Crippen LogP contribution in [-0.4, -0.2) is 23.1 Å². The highest BCUT2D eigenvalue weighted by Gasteiger charge is 2.14.